The van der Waals surface area contributed by atoms with Gasteiger partial charge in [-0.15, -0.1) is 5.10 Å². The van der Waals surface area contributed by atoms with Gasteiger partial charge in [0.25, 0.3) is 0 Å². The van der Waals surface area contributed by atoms with Crippen molar-refractivity contribution in [2.24, 2.45) is 0 Å². The second-order valence-corrected chi connectivity index (χ2v) is 7.31. The fourth-order valence-corrected chi connectivity index (χ4v) is 4.12. The second-order valence-electron chi connectivity index (χ2n) is 7.31. The molecule has 2 aliphatic rings. The molecule has 2 saturated heterocycles. The minimum Gasteiger partial charge on any atom is -0.376 e. The molecule has 0 unspecified atom stereocenters. The van der Waals surface area contributed by atoms with E-state index in [1.165, 1.54) is 52.0 Å². The smallest absolute Gasteiger partial charge is 0.209 e. The van der Waals surface area contributed by atoms with E-state index < -0.39 is 0 Å². The van der Waals surface area contributed by atoms with Gasteiger partial charge in [-0.25, -0.2) is 4.68 Å². The molecule has 2 aliphatic heterocycles. The minimum atomic E-state index is 0.287. The lowest BCUT2D eigenvalue weighted by Crippen LogP contribution is -3.28. The van der Waals surface area contributed by atoms with Gasteiger partial charge in [-0.1, -0.05) is 13.3 Å². The molecule has 2 fully saturated rings. The van der Waals surface area contributed by atoms with E-state index in [2.05, 4.69) is 29.4 Å². The Kier molecular flexibility index (Phi) is 6.57. The molecular weight excluding hydrogens is 304 g/mol. The van der Waals surface area contributed by atoms with Crippen LogP contribution in [0.1, 0.15) is 57.8 Å². The van der Waals surface area contributed by atoms with Crippen LogP contribution < -0.4 is 9.80 Å². The van der Waals surface area contributed by atoms with Crippen LogP contribution in [0, 0.1) is 0 Å². The molecule has 0 radical (unpaired) electrons. The largest absolute Gasteiger partial charge is 0.376 e. The van der Waals surface area contributed by atoms with Gasteiger partial charge >= 0.3 is 0 Å². The third-order valence-electron chi connectivity index (χ3n) is 5.71. The van der Waals surface area contributed by atoms with E-state index in [9.17, 15) is 0 Å². The van der Waals surface area contributed by atoms with Crippen LogP contribution in [0.5, 0.6) is 0 Å². The number of rotatable bonds is 8. The summed E-state index contributed by atoms with van der Waals surface area (Å²) >= 11 is 0. The fraction of sp³-hybridized carbons (Fsp3) is 0.941. The van der Waals surface area contributed by atoms with Crippen molar-refractivity contribution in [3.8, 4) is 0 Å². The predicted molar refractivity (Wildman–Crippen MR) is 91.0 cm³/mol. The topological polar surface area (TPSA) is 61.7 Å². The van der Waals surface area contributed by atoms with Crippen molar-refractivity contribution < 1.29 is 14.5 Å². The van der Waals surface area contributed by atoms with Crippen molar-refractivity contribution in [3.05, 3.63) is 5.82 Å². The Bertz CT molecular complexity index is 479. The highest BCUT2D eigenvalue weighted by Gasteiger charge is 2.34. The molecule has 0 aromatic carbocycles. The Labute approximate surface area is 145 Å². The molecule has 3 heterocycles. The molecule has 7 nitrogen and oxygen atoms in total. The molecular formula is C17H34N6O+2. The number of hydrogen-bond acceptors (Lipinski definition) is 4. The first kappa shape index (κ1) is 17.8. The Morgan fingerprint density at radius 1 is 1.25 bits per heavy atom. The number of quaternary nitrogens is 2. The van der Waals surface area contributed by atoms with Gasteiger partial charge in [-0.2, -0.15) is 0 Å². The minimum absolute atomic E-state index is 0.287. The number of nitrogens with zero attached hydrogens (tertiary/aromatic N) is 4. The predicted octanol–water partition coefficient (Wildman–Crippen LogP) is -1.11. The van der Waals surface area contributed by atoms with Crippen LogP contribution in [0.2, 0.25) is 0 Å². The molecule has 0 aliphatic carbocycles. The molecule has 0 bridgehead atoms. The number of likely N-dealkylation sites (N-methyl/N-ethyl adjacent to an activating group) is 1. The van der Waals surface area contributed by atoms with Crippen molar-refractivity contribution in [1.82, 2.24) is 20.2 Å². The molecule has 3 rings (SSSR count). The summed E-state index contributed by atoms with van der Waals surface area (Å²) in [6.45, 7) is 12.5. The Hall–Kier alpha value is -1.05. The summed E-state index contributed by atoms with van der Waals surface area (Å²) in [7, 11) is 0. The molecule has 2 N–H and O–H groups in total. The highest BCUT2D eigenvalue weighted by Crippen LogP contribution is 2.18. The lowest BCUT2D eigenvalue weighted by atomic mass is 10.1. The molecule has 7 heteroatoms. The zero-order valence-electron chi connectivity index (χ0n) is 15.3. The maximum atomic E-state index is 5.79. The van der Waals surface area contributed by atoms with Crippen LogP contribution in [-0.4, -0.2) is 65.6 Å². The van der Waals surface area contributed by atoms with Gasteiger partial charge in [0.2, 0.25) is 5.82 Å². The summed E-state index contributed by atoms with van der Waals surface area (Å²) in [4.78, 5) is 3.40. The average Bonchev–Trinajstić information content (AvgIpc) is 3.29. The van der Waals surface area contributed by atoms with E-state index in [0.29, 0.717) is 6.04 Å². The number of hydrogen-bond donors (Lipinski definition) is 2. The Morgan fingerprint density at radius 2 is 2.08 bits per heavy atom. The number of unbranched alkanes of at least 4 members (excludes halogenated alkanes) is 1. The lowest BCUT2D eigenvalue weighted by molar-refractivity contribution is -1.03. The molecule has 1 aromatic rings. The number of ether oxygens (including phenoxy) is 1. The van der Waals surface area contributed by atoms with Crippen molar-refractivity contribution in [2.75, 3.05) is 39.3 Å². The standard InChI is InChI=1S/C17H32N6O/c1-3-5-8-16(22-11-9-21(4-2)10-12-22)17-18-19-20-23(17)14-15-7-6-13-24-15/h15-16H,3-14H2,1-2H3/p+2/t15-,16-/m0/s1. The van der Waals surface area contributed by atoms with Gasteiger partial charge in [-0.05, 0) is 36.6 Å². The first-order chi connectivity index (χ1) is 11.8. The quantitative estimate of drug-likeness (QED) is 0.631. The molecule has 0 amide bonds. The van der Waals surface area contributed by atoms with Crippen LogP contribution >= 0.6 is 0 Å². The zero-order chi connectivity index (χ0) is 16.8. The van der Waals surface area contributed by atoms with Crippen LogP contribution in [0.15, 0.2) is 0 Å². The number of aromatic nitrogens is 4. The summed E-state index contributed by atoms with van der Waals surface area (Å²) in [6, 6.07) is 0.430. The van der Waals surface area contributed by atoms with Crippen molar-refractivity contribution in [3.63, 3.8) is 0 Å². The maximum Gasteiger partial charge on any atom is 0.209 e. The fourth-order valence-electron chi connectivity index (χ4n) is 4.12. The van der Waals surface area contributed by atoms with Crippen molar-refractivity contribution >= 4 is 0 Å². The van der Waals surface area contributed by atoms with E-state index in [4.69, 9.17) is 4.74 Å². The van der Waals surface area contributed by atoms with Gasteiger partial charge in [0.05, 0.1) is 19.2 Å². The summed E-state index contributed by atoms with van der Waals surface area (Å²) in [5.41, 5.74) is 0. The monoisotopic (exact) mass is 338 g/mol. The summed E-state index contributed by atoms with van der Waals surface area (Å²) < 4.78 is 7.82. The Balaban J connectivity index is 1.70. The molecule has 1 aromatic heterocycles. The number of tetrazole rings is 1. The van der Waals surface area contributed by atoms with Crippen LogP contribution in [0.25, 0.3) is 0 Å². The highest BCUT2D eigenvalue weighted by molar-refractivity contribution is 4.88. The third kappa shape index (κ3) is 4.32. The molecule has 0 spiro atoms. The third-order valence-corrected chi connectivity index (χ3v) is 5.71. The van der Waals surface area contributed by atoms with Gasteiger partial charge < -0.3 is 14.5 Å². The van der Waals surface area contributed by atoms with Crippen molar-refractivity contribution in [2.45, 2.75) is 64.6 Å². The summed E-state index contributed by atoms with van der Waals surface area (Å²) in [5, 5.41) is 12.7. The van der Waals surface area contributed by atoms with E-state index in [0.717, 1.165) is 31.8 Å². The number of nitrogens with one attached hydrogen (secondary N) is 2. The highest BCUT2D eigenvalue weighted by atomic mass is 16.5. The normalized spacial score (nSPS) is 29.0. The van der Waals surface area contributed by atoms with Gasteiger partial charge in [0.15, 0.2) is 0 Å². The molecule has 0 saturated carbocycles. The maximum absolute atomic E-state index is 5.79. The summed E-state index contributed by atoms with van der Waals surface area (Å²) in [5.74, 6) is 1.08. The van der Waals surface area contributed by atoms with Crippen LogP contribution in [0.3, 0.4) is 0 Å². The average molecular weight is 339 g/mol. The molecule has 2 atom stereocenters. The van der Waals surface area contributed by atoms with Gasteiger partial charge in [-0.3, -0.25) is 0 Å². The lowest BCUT2D eigenvalue weighted by Gasteiger charge is -2.33. The van der Waals surface area contributed by atoms with Crippen molar-refractivity contribution in [1.29, 1.82) is 0 Å². The van der Waals surface area contributed by atoms with E-state index in [1.54, 1.807) is 9.80 Å². The number of piperazine rings is 1. The van der Waals surface area contributed by atoms with Gasteiger partial charge in [0, 0.05) is 13.0 Å². The molecule has 136 valence electrons. The summed E-state index contributed by atoms with van der Waals surface area (Å²) in [6.07, 6.45) is 6.22. The van der Waals surface area contributed by atoms with E-state index in [-0.39, 0.29) is 6.10 Å². The Morgan fingerprint density at radius 3 is 2.75 bits per heavy atom. The van der Waals surface area contributed by atoms with E-state index in [1.807, 2.05) is 4.68 Å². The van der Waals surface area contributed by atoms with Crippen LogP contribution in [-0.2, 0) is 11.3 Å². The zero-order valence-corrected chi connectivity index (χ0v) is 15.3. The SMILES string of the molecule is CCCC[C@@H](c1nnnn1C[C@@H]1CCCO1)[NH+]1CC[NH+](CC)CC1. The second kappa shape index (κ2) is 8.87. The van der Waals surface area contributed by atoms with E-state index >= 15 is 0 Å². The first-order valence-electron chi connectivity index (χ1n) is 9.87. The van der Waals surface area contributed by atoms with Gasteiger partial charge in [0.1, 0.15) is 32.2 Å². The first-order valence-corrected chi connectivity index (χ1v) is 9.87. The van der Waals surface area contributed by atoms with Crippen LogP contribution in [0.4, 0.5) is 0 Å². The molecule has 24 heavy (non-hydrogen) atoms.